The van der Waals surface area contributed by atoms with E-state index in [0.717, 1.165) is 11.6 Å². The molecule has 1 saturated carbocycles. The molecular formula is C11H16ClNOS. The van der Waals surface area contributed by atoms with E-state index >= 15 is 0 Å². The molecule has 1 aliphatic carbocycles. The molecule has 0 aliphatic heterocycles. The number of nitrogens with one attached hydrogen (secondary N) is 1. The number of methoxy groups -OCH3 is 1. The van der Waals surface area contributed by atoms with Crippen LogP contribution in [0.5, 0.6) is 0 Å². The zero-order valence-corrected chi connectivity index (χ0v) is 10.4. The Hall–Kier alpha value is -0.0900. The highest BCUT2D eigenvalue weighted by atomic mass is 35.5. The Labute approximate surface area is 99.6 Å². The van der Waals surface area contributed by atoms with Crippen LogP contribution in [0.1, 0.15) is 24.1 Å². The summed E-state index contributed by atoms with van der Waals surface area (Å²) in [7, 11) is 1.80. The lowest BCUT2D eigenvalue weighted by atomic mass is 10.2. The van der Waals surface area contributed by atoms with Crippen LogP contribution < -0.4 is 5.32 Å². The Bertz CT molecular complexity index is 315. The van der Waals surface area contributed by atoms with E-state index in [9.17, 15) is 0 Å². The van der Waals surface area contributed by atoms with E-state index in [1.807, 2.05) is 11.4 Å². The smallest absolute Gasteiger partial charge is 0.0724 e. The predicted molar refractivity (Wildman–Crippen MR) is 64.6 cm³/mol. The monoisotopic (exact) mass is 245 g/mol. The largest absolute Gasteiger partial charge is 0.380 e. The maximum Gasteiger partial charge on any atom is 0.0724 e. The Kier molecular flexibility index (Phi) is 4.03. The average Bonchev–Trinajstić information content (AvgIpc) is 2.83. The number of halogens is 1. The first-order valence-electron chi connectivity index (χ1n) is 5.28. The number of ether oxygens (including phenoxy) is 1. The summed E-state index contributed by atoms with van der Waals surface area (Å²) in [5, 5.41) is 6.35. The molecule has 1 aromatic rings. The molecule has 2 rings (SSSR count). The van der Waals surface area contributed by atoms with Gasteiger partial charge in [0.15, 0.2) is 0 Å². The fraction of sp³-hybridized carbons (Fsp3) is 0.636. The molecule has 15 heavy (non-hydrogen) atoms. The molecule has 1 N–H and O–H groups in total. The van der Waals surface area contributed by atoms with Gasteiger partial charge in [0.05, 0.1) is 11.1 Å². The first-order chi connectivity index (χ1) is 7.29. The molecule has 2 atom stereocenters. The molecule has 0 amide bonds. The number of hydrogen-bond donors (Lipinski definition) is 1. The van der Waals surface area contributed by atoms with Gasteiger partial charge in [-0.15, -0.1) is 11.3 Å². The number of rotatable bonds is 4. The molecule has 0 bridgehead atoms. The Balaban J connectivity index is 1.82. The molecule has 0 aromatic carbocycles. The summed E-state index contributed by atoms with van der Waals surface area (Å²) in [5.74, 6) is 0. The molecule has 1 aromatic heterocycles. The van der Waals surface area contributed by atoms with E-state index in [1.54, 1.807) is 18.4 Å². The van der Waals surface area contributed by atoms with Crippen molar-refractivity contribution in [3.8, 4) is 0 Å². The molecule has 1 aliphatic rings. The van der Waals surface area contributed by atoms with Gasteiger partial charge in [-0.05, 0) is 25.3 Å². The van der Waals surface area contributed by atoms with Gasteiger partial charge < -0.3 is 10.1 Å². The van der Waals surface area contributed by atoms with Crippen molar-refractivity contribution in [2.45, 2.75) is 38.0 Å². The van der Waals surface area contributed by atoms with Crippen molar-refractivity contribution >= 4 is 22.9 Å². The lowest BCUT2D eigenvalue weighted by Crippen LogP contribution is -2.36. The molecule has 2 nitrogen and oxygen atoms in total. The molecular weight excluding hydrogens is 230 g/mol. The van der Waals surface area contributed by atoms with Crippen LogP contribution in [0.4, 0.5) is 0 Å². The lowest BCUT2D eigenvalue weighted by Gasteiger charge is -2.19. The fourth-order valence-corrected chi connectivity index (χ4v) is 3.14. The highest BCUT2D eigenvalue weighted by Crippen LogP contribution is 2.23. The van der Waals surface area contributed by atoms with Gasteiger partial charge in [-0.3, -0.25) is 0 Å². The summed E-state index contributed by atoms with van der Waals surface area (Å²) in [4.78, 5) is 1.29. The van der Waals surface area contributed by atoms with Crippen LogP contribution in [-0.4, -0.2) is 19.3 Å². The number of thiophene rings is 1. The van der Waals surface area contributed by atoms with Gasteiger partial charge in [-0.25, -0.2) is 0 Å². The Morgan fingerprint density at radius 1 is 1.60 bits per heavy atom. The molecule has 0 spiro atoms. The van der Waals surface area contributed by atoms with Crippen molar-refractivity contribution in [1.29, 1.82) is 0 Å². The highest BCUT2D eigenvalue weighted by Gasteiger charge is 2.26. The number of hydrogen-bond acceptors (Lipinski definition) is 3. The molecule has 0 radical (unpaired) electrons. The summed E-state index contributed by atoms with van der Waals surface area (Å²) in [6.45, 7) is 0.905. The highest BCUT2D eigenvalue weighted by molar-refractivity contribution is 7.10. The Morgan fingerprint density at radius 3 is 3.13 bits per heavy atom. The van der Waals surface area contributed by atoms with Crippen LogP contribution in [0.25, 0.3) is 0 Å². The molecule has 84 valence electrons. The van der Waals surface area contributed by atoms with Crippen LogP contribution in [0.3, 0.4) is 0 Å². The van der Waals surface area contributed by atoms with Crippen LogP contribution in [0.2, 0.25) is 5.02 Å². The van der Waals surface area contributed by atoms with E-state index in [1.165, 1.54) is 24.1 Å². The maximum atomic E-state index is 5.87. The van der Waals surface area contributed by atoms with Gasteiger partial charge in [-0.2, -0.15) is 0 Å². The second kappa shape index (κ2) is 5.30. The zero-order valence-electron chi connectivity index (χ0n) is 8.83. The van der Waals surface area contributed by atoms with Gasteiger partial charge in [0.2, 0.25) is 0 Å². The SMILES string of the molecule is COC1CCCC1NCc1cc(Cl)cs1. The summed E-state index contributed by atoms with van der Waals surface area (Å²) >= 11 is 7.58. The maximum absolute atomic E-state index is 5.87. The van der Waals surface area contributed by atoms with Crippen LogP contribution in [0.15, 0.2) is 11.4 Å². The molecule has 4 heteroatoms. The average molecular weight is 246 g/mol. The van der Waals surface area contributed by atoms with E-state index < -0.39 is 0 Å². The van der Waals surface area contributed by atoms with Crippen molar-refractivity contribution in [3.05, 3.63) is 21.3 Å². The van der Waals surface area contributed by atoms with Crippen molar-refractivity contribution < 1.29 is 4.74 Å². The van der Waals surface area contributed by atoms with Gasteiger partial charge in [-0.1, -0.05) is 11.6 Å². The summed E-state index contributed by atoms with van der Waals surface area (Å²) in [6, 6.07) is 2.53. The summed E-state index contributed by atoms with van der Waals surface area (Å²) in [6.07, 6.45) is 4.05. The topological polar surface area (TPSA) is 21.3 Å². The van der Waals surface area contributed by atoms with Crippen molar-refractivity contribution in [2.24, 2.45) is 0 Å². The first-order valence-corrected chi connectivity index (χ1v) is 6.54. The third-order valence-corrected chi connectivity index (χ3v) is 4.20. The molecule has 0 saturated heterocycles. The molecule has 1 fully saturated rings. The van der Waals surface area contributed by atoms with E-state index in [2.05, 4.69) is 5.32 Å². The molecule has 1 heterocycles. The van der Waals surface area contributed by atoms with E-state index in [4.69, 9.17) is 16.3 Å². The van der Waals surface area contributed by atoms with Crippen LogP contribution in [-0.2, 0) is 11.3 Å². The van der Waals surface area contributed by atoms with Gasteiger partial charge >= 0.3 is 0 Å². The quantitative estimate of drug-likeness (QED) is 0.881. The van der Waals surface area contributed by atoms with Crippen LogP contribution >= 0.6 is 22.9 Å². The summed E-state index contributed by atoms with van der Waals surface area (Å²) in [5.41, 5.74) is 0. The minimum Gasteiger partial charge on any atom is -0.380 e. The van der Waals surface area contributed by atoms with E-state index in [-0.39, 0.29) is 0 Å². The van der Waals surface area contributed by atoms with Crippen LogP contribution in [0, 0.1) is 0 Å². The lowest BCUT2D eigenvalue weighted by molar-refractivity contribution is 0.0848. The zero-order chi connectivity index (χ0) is 10.7. The minimum absolute atomic E-state index is 0.389. The first kappa shape index (κ1) is 11.4. The standard InChI is InChI=1S/C11H16ClNOS/c1-14-11-4-2-3-10(11)13-6-9-5-8(12)7-15-9/h5,7,10-11,13H,2-4,6H2,1H3. The normalized spacial score (nSPS) is 26.0. The second-order valence-corrected chi connectivity index (χ2v) is 5.36. The van der Waals surface area contributed by atoms with Crippen molar-refractivity contribution in [1.82, 2.24) is 5.32 Å². The van der Waals surface area contributed by atoms with E-state index in [0.29, 0.717) is 12.1 Å². The third kappa shape index (κ3) is 2.94. The second-order valence-electron chi connectivity index (χ2n) is 3.92. The van der Waals surface area contributed by atoms with Gasteiger partial charge in [0.25, 0.3) is 0 Å². The van der Waals surface area contributed by atoms with Crippen molar-refractivity contribution in [2.75, 3.05) is 7.11 Å². The third-order valence-electron chi connectivity index (χ3n) is 2.92. The fourth-order valence-electron chi connectivity index (χ4n) is 2.12. The summed E-state index contributed by atoms with van der Waals surface area (Å²) < 4.78 is 5.43. The van der Waals surface area contributed by atoms with Gasteiger partial charge in [0, 0.05) is 30.0 Å². The minimum atomic E-state index is 0.389. The van der Waals surface area contributed by atoms with Gasteiger partial charge in [0.1, 0.15) is 0 Å². The predicted octanol–water partition coefficient (Wildman–Crippen LogP) is 3.06. The Morgan fingerprint density at radius 2 is 2.47 bits per heavy atom. The molecule has 2 unspecified atom stereocenters. The van der Waals surface area contributed by atoms with Crippen molar-refractivity contribution in [3.63, 3.8) is 0 Å².